The van der Waals surface area contributed by atoms with E-state index >= 15 is 0 Å². The molecule has 0 saturated carbocycles. The number of hydrogen-bond acceptors (Lipinski definition) is 5. The molecule has 5 rings (SSSR count). The van der Waals surface area contributed by atoms with Gasteiger partial charge in [0.25, 0.3) is 0 Å². The van der Waals surface area contributed by atoms with Crippen LogP contribution in [0.25, 0.3) is 0 Å². The van der Waals surface area contributed by atoms with Crippen LogP contribution in [0.1, 0.15) is 41.6 Å². The Kier molecular flexibility index (Phi) is 4.13. The monoisotopic (exact) mass is 402 g/mol. The lowest BCUT2D eigenvalue weighted by atomic mass is 10.0. The summed E-state index contributed by atoms with van der Waals surface area (Å²) < 4.78 is 23.8. The fourth-order valence-corrected chi connectivity index (χ4v) is 5.37. The van der Waals surface area contributed by atoms with Crippen molar-refractivity contribution in [3.63, 3.8) is 0 Å². The van der Waals surface area contributed by atoms with Crippen LogP contribution in [0.4, 0.5) is 10.6 Å². The summed E-state index contributed by atoms with van der Waals surface area (Å²) in [7, 11) is -3.48. The van der Waals surface area contributed by atoms with Gasteiger partial charge in [-0.1, -0.05) is 0 Å². The molecule has 1 unspecified atom stereocenters. The van der Waals surface area contributed by atoms with Crippen LogP contribution in [0.5, 0.6) is 5.88 Å². The normalized spacial score (nSPS) is 19.2. The molecule has 9 nitrogen and oxygen atoms in total. The zero-order valence-corrected chi connectivity index (χ0v) is 16.3. The number of fused-ring (bicyclic) bond motifs is 4. The van der Waals surface area contributed by atoms with Gasteiger partial charge in [-0.2, -0.15) is 5.10 Å². The molecule has 3 heterocycles. The van der Waals surface area contributed by atoms with Crippen LogP contribution in [-0.2, 0) is 42.1 Å². The minimum Gasteiger partial charge on any atom is -0.477 e. The first-order valence-electron chi connectivity index (χ1n) is 9.61. The topological polar surface area (TPSA) is 124 Å². The van der Waals surface area contributed by atoms with E-state index < -0.39 is 15.9 Å². The van der Waals surface area contributed by atoms with E-state index in [-0.39, 0.29) is 4.90 Å². The van der Waals surface area contributed by atoms with Gasteiger partial charge in [0, 0.05) is 18.7 Å². The van der Waals surface area contributed by atoms with Crippen LogP contribution in [0.3, 0.4) is 0 Å². The molecule has 0 aromatic carbocycles. The lowest BCUT2D eigenvalue weighted by Crippen LogP contribution is -2.21. The molecule has 0 bridgehead atoms. The van der Waals surface area contributed by atoms with Gasteiger partial charge in [0.05, 0.1) is 12.8 Å². The zero-order chi connectivity index (χ0) is 19.3. The summed E-state index contributed by atoms with van der Waals surface area (Å²) in [6.45, 7) is 1.15. The molecule has 10 heteroatoms. The second-order valence-corrected chi connectivity index (χ2v) is 9.14. The molecular formula is C18H22N6O3S. The molecule has 0 saturated heterocycles. The second kappa shape index (κ2) is 6.56. The highest BCUT2D eigenvalue weighted by Gasteiger charge is 2.27. The highest BCUT2D eigenvalue weighted by Crippen LogP contribution is 2.36. The minimum atomic E-state index is -3.48. The Balaban J connectivity index is 1.46. The average Bonchev–Trinajstić information content (AvgIpc) is 3.39. The van der Waals surface area contributed by atoms with Crippen molar-refractivity contribution in [2.45, 2.75) is 56.4 Å². The van der Waals surface area contributed by atoms with Crippen molar-refractivity contribution >= 4 is 21.8 Å². The Bertz CT molecular complexity index is 1100. The summed E-state index contributed by atoms with van der Waals surface area (Å²) in [5.41, 5.74) is 4.82. The minimum absolute atomic E-state index is 0.148. The molecule has 1 atom stereocenters. The van der Waals surface area contributed by atoms with Crippen LogP contribution in [0.2, 0.25) is 0 Å². The zero-order valence-electron chi connectivity index (χ0n) is 15.4. The van der Waals surface area contributed by atoms with Crippen molar-refractivity contribution in [1.82, 2.24) is 14.8 Å². The predicted octanol–water partition coefficient (Wildman–Crippen LogP) is 1.97. The highest BCUT2D eigenvalue weighted by atomic mass is 32.2. The number of nitrogens with one attached hydrogen (secondary N) is 1. The molecule has 2 aromatic rings. The molecule has 1 aliphatic heterocycles. The molecule has 0 fully saturated rings. The number of pyridine rings is 1. The van der Waals surface area contributed by atoms with Crippen LogP contribution in [0.15, 0.2) is 15.5 Å². The fraction of sp³-hybridized carbons (Fsp3) is 0.500. The van der Waals surface area contributed by atoms with Gasteiger partial charge in [0.2, 0.25) is 5.88 Å². The summed E-state index contributed by atoms with van der Waals surface area (Å²) in [4.78, 5) is 17.4. The van der Waals surface area contributed by atoms with Crippen LogP contribution >= 0.6 is 0 Å². The van der Waals surface area contributed by atoms with Gasteiger partial charge in [-0.25, -0.2) is 23.8 Å². The van der Waals surface area contributed by atoms with Crippen LogP contribution in [0, 0.1) is 0 Å². The number of hydrogen-bond donors (Lipinski definition) is 2. The lowest BCUT2D eigenvalue weighted by Gasteiger charge is -2.16. The van der Waals surface area contributed by atoms with Gasteiger partial charge < -0.3 is 4.74 Å². The predicted molar refractivity (Wildman–Crippen MR) is 103 cm³/mol. The van der Waals surface area contributed by atoms with E-state index in [0.717, 1.165) is 56.2 Å². The van der Waals surface area contributed by atoms with Crippen molar-refractivity contribution in [1.29, 1.82) is 0 Å². The number of carbonyl (C=O) groups is 1. The number of urea groups is 1. The number of nitrogens with two attached hydrogens (primary N) is 1. The SMILES string of the molecule is NS(=O)(=NC(=O)Nc1nc2c(c3c1CCC3)CCC2)c1cnn2c1OCCC2. The quantitative estimate of drug-likeness (QED) is 0.795. The maximum absolute atomic E-state index is 12.9. The van der Waals surface area contributed by atoms with E-state index in [1.54, 1.807) is 4.68 Å². The average molecular weight is 402 g/mol. The summed E-state index contributed by atoms with van der Waals surface area (Å²) >= 11 is 0. The van der Waals surface area contributed by atoms with Crippen LogP contribution < -0.4 is 15.2 Å². The molecule has 2 aromatic heterocycles. The summed E-state index contributed by atoms with van der Waals surface area (Å²) in [5.74, 6) is 0.859. The Morgan fingerprint density at radius 1 is 1.18 bits per heavy atom. The standard InChI is InChI=1S/C18H22N6O3S/c19-28(26,15-10-20-24-8-3-9-27-17(15)24)23-18(25)22-16-13-6-1-4-11(13)12-5-2-7-14(12)21-16/h10H,1-9H2,(H3,19,21,22,23,25,26). The first-order chi connectivity index (χ1) is 13.5. The Morgan fingerprint density at radius 3 is 2.86 bits per heavy atom. The Hall–Kier alpha value is -2.46. The highest BCUT2D eigenvalue weighted by molar-refractivity contribution is 7.91. The fourth-order valence-electron chi connectivity index (χ4n) is 4.36. The number of aromatic nitrogens is 3. The van der Waals surface area contributed by atoms with Crippen LogP contribution in [-0.4, -0.2) is 31.6 Å². The second-order valence-electron chi connectivity index (χ2n) is 7.38. The van der Waals surface area contributed by atoms with E-state index in [4.69, 9.17) is 9.88 Å². The van der Waals surface area contributed by atoms with Crippen molar-refractivity contribution < 1.29 is 13.7 Å². The van der Waals surface area contributed by atoms with Crippen molar-refractivity contribution in [3.8, 4) is 5.88 Å². The van der Waals surface area contributed by atoms with Gasteiger partial charge in [-0.15, -0.1) is 4.36 Å². The third-order valence-electron chi connectivity index (χ3n) is 5.58. The Morgan fingerprint density at radius 2 is 1.96 bits per heavy atom. The molecule has 28 heavy (non-hydrogen) atoms. The summed E-state index contributed by atoms with van der Waals surface area (Å²) in [5, 5.41) is 12.8. The largest absolute Gasteiger partial charge is 0.477 e. The summed E-state index contributed by atoms with van der Waals surface area (Å²) in [6.07, 6.45) is 8.23. The lowest BCUT2D eigenvalue weighted by molar-refractivity contribution is 0.224. The van der Waals surface area contributed by atoms with E-state index in [1.807, 2.05) is 0 Å². The van der Waals surface area contributed by atoms with E-state index in [9.17, 15) is 9.00 Å². The first kappa shape index (κ1) is 17.6. The number of rotatable bonds is 2. The third kappa shape index (κ3) is 2.87. The van der Waals surface area contributed by atoms with E-state index in [2.05, 4.69) is 19.8 Å². The molecule has 2 amide bonds. The molecule has 3 N–H and O–H groups in total. The van der Waals surface area contributed by atoms with Crippen molar-refractivity contribution in [2.24, 2.45) is 9.50 Å². The number of amides is 2. The van der Waals surface area contributed by atoms with Gasteiger partial charge in [0.15, 0.2) is 9.92 Å². The van der Waals surface area contributed by atoms with E-state index in [1.165, 1.54) is 17.3 Å². The third-order valence-corrected chi connectivity index (χ3v) is 6.92. The molecule has 0 radical (unpaired) electrons. The maximum Gasteiger partial charge on any atom is 0.356 e. The van der Waals surface area contributed by atoms with Gasteiger partial charge >= 0.3 is 6.03 Å². The molecule has 2 aliphatic carbocycles. The number of carbonyl (C=O) groups excluding carboxylic acids is 1. The number of nitrogens with zero attached hydrogens (tertiary/aromatic N) is 4. The molecule has 3 aliphatic rings. The number of aryl methyl sites for hydroxylation is 2. The number of anilines is 1. The molecule has 148 valence electrons. The van der Waals surface area contributed by atoms with Crippen molar-refractivity contribution in [3.05, 3.63) is 28.6 Å². The van der Waals surface area contributed by atoms with Gasteiger partial charge in [-0.3, -0.25) is 5.32 Å². The smallest absolute Gasteiger partial charge is 0.356 e. The van der Waals surface area contributed by atoms with Gasteiger partial charge in [-0.05, 0) is 55.2 Å². The first-order valence-corrected chi connectivity index (χ1v) is 11.2. The molecule has 0 spiro atoms. The molecular weight excluding hydrogens is 380 g/mol. The summed E-state index contributed by atoms with van der Waals surface area (Å²) in [6, 6.07) is -0.761. The Labute approximate surface area is 163 Å². The van der Waals surface area contributed by atoms with E-state index in [0.29, 0.717) is 24.8 Å². The van der Waals surface area contributed by atoms with Crippen molar-refractivity contribution in [2.75, 3.05) is 11.9 Å². The van der Waals surface area contributed by atoms with Gasteiger partial charge in [0.1, 0.15) is 10.7 Å². The maximum atomic E-state index is 12.9. The number of ether oxygens (including phenoxy) is 1.